The fraction of sp³-hybridized carbons (Fsp3) is 0.786. The molecule has 0 bridgehead atoms. The van der Waals surface area contributed by atoms with Gasteiger partial charge in [-0.05, 0) is 19.8 Å². The van der Waals surface area contributed by atoms with Crippen LogP contribution in [0, 0.1) is 16.7 Å². The van der Waals surface area contributed by atoms with Crippen molar-refractivity contribution in [3.63, 3.8) is 0 Å². The van der Waals surface area contributed by atoms with Gasteiger partial charge in [0, 0.05) is 13.1 Å². The number of amides is 2. The predicted octanol–water partition coefficient (Wildman–Crippen LogP) is 0.434. The molecule has 1 saturated carbocycles. The SMILES string of the molecule is CCNC(=O)C1COCCN1C(=O)C1(C#N)CCCC1. The van der Waals surface area contributed by atoms with Crippen LogP contribution in [-0.2, 0) is 14.3 Å². The highest BCUT2D eigenvalue weighted by Crippen LogP contribution is 2.39. The third-order valence-corrected chi connectivity index (χ3v) is 4.12. The Kier molecular flexibility index (Phi) is 4.61. The number of morpholine rings is 1. The van der Waals surface area contributed by atoms with Crippen LogP contribution in [0.15, 0.2) is 0 Å². The van der Waals surface area contributed by atoms with Crippen molar-refractivity contribution >= 4 is 11.8 Å². The Morgan fingerprint density at radius 3 is 2.75 bits per heavy atom. The van der Waals surface area contributed by atoms with E-state index in [9.17, 15) is 14.9 Å². The quantitative estimate of drug-likeness (QED) is 0.812. The number of nitrogens with one attached hydrogen (secondary N) is 1. The molecule has 0 aromatic heterocycles. The maximum atomic E-state index is 12.7. The first-order chi connectivity index (χ1) is 9.64. The van der Waals surface area contributed by atoms with E-state index in [4.69, 9.17) is 4.74 Å². The first kappa shape index (κ1) is 14.8. The highest BCUT2D eigenvalue weighted by Gasteiger charge is 2.47. The highest BCUT2D eigenvalue weighted by atomic mass is 16.5. The topological polar surface area (TPSA) is 82.4 Å². The molecule has 1 saturated heterocycles. The third kappa shape index (κ3) is 2.63. The van der Waals surface area contributed by atoms with Crippen molar-refractivity contribution in [3.8, 4) is 6.07 Å². The van der Waals surface area contributed by atoms with Crippen LogP contribution in [0.5, 0.6) is 0 Å². The van der Waals surface area contributed by atoms with Crippen molar-refractivity contribution in [2.45, 2.75) is 38.6 Å². The third-order valence-electron chi connectivity index (χ3n) is 4.12. The zero-order chi connectivity index (χ0) is 14.6. The largest absolute Gasteiger partial charge is 0.377 e. The van der Waals surface area contributed by atoms with Gasteiger partial charge in [-0.15, -0.1) is 0 Å². The van der Waals surface area contributed by atoms with E-state index in [2.05, 4.69) is 11.4 Å². The summed E-state index contributed by atoms with van der Waals surface area (Å²) in [6, 6.07) is 1.59. The van der Waals surface area contributed by atoms with Crippen LogP contribution in [0.2, 0.25) is 0 Å². The number of nitrogens with zero attached hydrogens (tertiary/aromatic N) is 2. The Morgan fingerprint density at radius 1 is 1.45 bits per heavy atom. The van der Waals surface area contributed by atoms with Gasteiger partial charge >= 0.3 is 0 Å². The van der Waals surface area contributed by atoms with Gasteiger partial charge in [-0.1, -0.05) is 12.8 Å². The molecule has 0 aromatic carbocycles. The summed E-state index contributed by atoms with van der Waals surface area (Å²) in [5, 5.41) is 12.1. The molecular weight excluding hydrogens is 258 g/mol. The van der Waals surface area contributed by atoms with E-state index < -0.39 is 11.5 Å². The van der Waals surface area contributed by atoms with Gasteiger partial charge in [-0.3, -0.25) is 9.59 Å². The van der Waals surface area contributed by atoms with E-state index >= 15 is 0 Å². The molecule has 20 heavy (non-hydrogen) atoms. The first-order valence-corrected chi connectivity index (χ1v) is 7.22. The van der Waals surface area contributed by atoms with Crippen molar-refractivity contribution in [2.75, 3.05) is 26.3 Å². The van der Waals surface area contributed by atoms with Gasteiger partial charge in [0.2, 0.25) is 11.8 Å². The van der Waals surface area contributed by atoms with Gasteiger partial charge in [0.05, 0.1) is 19.3 Å². The van der Waals surface area contributed by atoms with Crippen LogP contribution in [0.25, 0.3) is 0 Å². The second kappa shape index (κ2) is 6.23. The number of carbonyl (C=O) groups excluding carboxylic acids is 2. The lowest BCUT2D eigenvalue weighted by Gasteiger charge is -2.38. The molecular formula is C14H21N3O3. The number of carbonyl (C=O) groups is 2. The minimum absolute atomic E-state index is 0.197. The summed E-state index contributed by atoms with van der Waals surface area (Å²) in [5.41, 5.74) is -0.928. The Bertz CT molecular complexity index is 424. The normalized spacial score (nSPS) is 25.0. The summed E-state index contributed by atoms with van der Waals surface area (Å²) in [7, 11) is 0. The molecule has 0 aromatic rings. The lowest BCUT2D eigenvalue weighted by Crippen LogP contribution is -2.58. The zero-order valence-electron chi connectivity index (χ0n) is 11.9. The molecule has 0 spiro atoms. The summed E-state index contributed by atoms with van der Waals surface area (Å²) in [5.74, 6) is -0.399. The lowest BCUT2D eigenvalue weighted by atomic mass is 9.85. The number of nitriles is 1. The van der Waals surface area contributed by atoms with Gasteiger partial charge in [0.1, 0.15) is 11.5 Å². The van der Waals surface area contributed by atoms with Crippen molar-refractivity contribution in [1.29, 1.82) is 5.26 Å². The Labute approximate surface area is 119 Å². The molecule has 6 heteroatoms. The monoisotopic (exact) mass is 279 g/mol. The zero-order valence-corrected chi connectivity index (χ0v) is 11.9. The molecule has 110 valence electrons. The van der Waals surface area contributed by atoms with E-state index in [0.29, 0.717) is 32.5 Å². The number of hydrogen-bond acceptors (Lipinski definition) is 4. The molecule has 1 atom stereocenters. The molecule has 2 rings (SSSR count). The molecule has 1 heterocycles. The van der Waals surface area contributed by atoms with Crippen molar-refractivity contribution in [2.24, 2.45) is 5.41 Å². The van der Waals surface area contributed by atoms with Crippen molar-refractivity contribution < 1.29 is 14.3 Å². The van der Waals surface area contributed by atoms with Crippen LogP contribution >= 0.6 is 0 Å². The Morgan fingerprint density at radius 2 is 2.15 bits per heavy atom. The fourth-order valence-corrected chi connectivity index (χ4v) is 2.98. The maximum Gasteiger partial charge on any atom is 0.245 e. The molecule has 0 radical (unpaired) electrons. The molecule has 6 nitrogen and oxygen atoms in total. The minimum atomic E-state index is -0.928. The van der Waals surface area contributed by atoms with Gasteiger partial charge in [-0.2, -0.15) is 5.26 Å². The van der Waals surface area contributed by atoms with Crippen LogP contribution in [-0.4, -0.2) is 49.1 Å². The Balaban J connectivity index is 2.17. The van der Waals surface area contributed by atoms with Crippen molar-refractivity contribution in [3.05, 3.63) is 0 Å². The molecule has 1 aliphatic carbocycles. The average Bonchev–Trinajstić information content (AvgIpc) is 2.97. The highest BCUT2D eigenvalue weighted by molar-refractivity contribution is 5.92. The number of likely N-dealkylation sites (N-methyl/N-ethyl adjacent to an activating group) is 1. The van der Waals surface area contributed by atoms with Gasteiger partial charge < -0.3 is 15.0 Å². The predicted molar refractivity (Wildman–Crippen MR) is 71.5 cm³/mol. The van der Waals surface area contributed by atoms with E-state index in [-0.39, 0.29) is 18.4 Å². The summed E-state index contributed by atoms with van der Waals surface area (Å²) >= 11 is 0. The van der Waals surface area contributed by atoms with Gasteiger partial charge in [-0.25, -0.2) is 0 Å². The van der Waals surface area contributed by atoms with E-state index in [1.807, 2.05) is 6.92 Å². The average molecular weight is 279 g/mol. The minimum Gasteiger partial charge on any atom is -0.377 e. The first-order valence-electron chi connectivity index (χ1n) is 7.22. The second-order valence-electron chi connectivity index (χ2n) is 5.38. The van der Waals surface area contributed by atoms with Crippen LogP contribution < -0.4 is 5.32 Å². The number of rotatable bonds is 3. The van der Waals surface area contributed by atoms with Gasteiger partial charge in [0.15, 0.2) is 0 Å². The summed E-state index contributed by atoms with van der Waals surface area (Å²) in [4.78, 5) is 26.3. The molecule has 2 aliphatic rings. The summed E-state index contributed by atoms with van der Waals surface area (Å²) < 4.78 is 5.32. The van der Waals surface area contributed by atoms with E-state index in [1.54, 1.807) is 4.90 Å². The standard InChI is InChI=1S/C14H21N3O3/c1-2-16-12(18)11-9-20-8-7-17(11)13(19)14(10-15)5-3-4-6-14/h11H,2-9H2,1H3,(H,16,18). The fourth-order valence-electron chi connectivity index (χ4n) is 2.98. The smallest absolute Gasteiger partial charge is 0.245 e. The van der Waals surface area contributed by atoms with Crippen LogP contribution in [0.3, 0.4) is 0 Å². The molecule has 2 amide bonds. The molecule has 1 aliphatic heterocycles. The number of hydrogen-bond donors (Lipinski definition) is 1. The molecule has 1 N–H and O–H groups in total. The van der Waals surface area contributed by atoms with Crippen LogP contribution in [0.1, 0.15) is 32.6 Å². The Hall–Kier alpha value is -1.61. The lowest BCUT2D eigenvalue weighted by molar-refractivity contribution is -0.154. The van der Waals surface area contributed by atoms with Gasteiger partial charge in [0.25, 0.3) is 0 Å². The van der Waals surface area contributed by atoms with E-state index in [1.165, 1.54) is 0 Å². The molecule has 1 unspecified atom stereocenters. The summed E-state index contributed by atoms with van der Waals surface area (Å²) in [6.45, 7) is 3.36. The number of ether oxygens (including phenoxy) is 1. The van der Waals surface area contributed by atoms with E-state index in [0.717, 1.165) is 12.8 Å². The summed E-state index contributed by atoms with van der Waals surface area (Å²) in [6.07, 6.45) is 2.99. The van der Waals surface area contributed by atoms with Crippen molar-refractivity contribution in [1.82, 2.24) is 10.2 Å². The maximum absolute atomic E-state index is 12.7. The van der Waals surface area contributed by atoms with Crippen LogP contribution in [0.4, 0.5) is 0 Å². The molecule has 2 fully saturated rings. The second-order valence-corrected chi connectivity index (χ2v) is 5.38.